The zero-order valence-electron chi connectivity index (χ0n) is 19.0. The minimum absolute atomic E-state index is 0.168. The van der Waals surface area contributed by atoms with Gasteiger partial charge in [-0.2, -0.15) is 0 Å². The van der Waals surface area contributed by atoms with Crippen LogP contribution in [0, 0.1) is 0 Å². The minimum atomic E-state index is -0.168. The van der Waals surface area contributed by atoms with Gasteiger partial charge < -0.3 is 19.9 Å². The second-order valence-corrected chi connectivity index (χ2v) is 9.46. The first-order valence-electron chi connectivity index (χ1n) is 11.8. The molecule has 0 aromatic rings. The van der Waals surface area contributed by atoms with Crippen LogP contribution < -0.4 is 5.73 Å². The molecule has 3 unspecified atom stereocenters. The van der Waals surface area contributed by atoms with Crippen molar-refractivity contribution in [3.63, 3.8) is 0 Å². The summed E-state index contributed by atoms with van der Waals surface area (Å²) in [6.45, 7) is 18.2. The number of nitrogens with two attached hydrogens (primary N) is 1. The van der Waals surface area contributed by atoms with Crippen molar-refractivity contribution >= 4 is 0 Å². The van der Waals surface area contributed by atoms with Gasteiger partial charge in [0.1, 0.15) is 0 Å². The van der Waals surface area contributed by atoms with Gasteiger partial charge in [-0.15, -0.1) is 0 Å². The number of rotatable bonds is 9. The molecule has 3 saturated heterocycles. The lowest BCUT2D eigenvalue weighted by atomic mass is 9.90. The molecular formula is C22H44N4O3. The van der Waals surface area contributed by atoms with Crippen LogP contribution in [0.5, 0.6) is 0 Å². The molecule has 3 fully saturated rings. The molecule has 0 aliphatic carbocycles. The summed E-state index contributed by atoms with van der Waals surface area (Å²) in [6, 6.07) is 0. The van der Waals surface area contributed by atoms with Gasteiger partial charge in [-0.1, -0.05) is 6.92 Å². The van der Waals surface area contributed by atoms with E-state index in [-0.39, 0.29) is 5.54 Å². The Labute approximate surface area is 177 Å². The van der Waals surface area contributed by atoms with Crippen LogP contribution in [0.4, 0.5) is 0 Å². The maximum absolute atomic E-state index is 7.12. The average molecular weight is 413 g/mol. The number of morpholine rings is 3. The summed E-state index contributed by atoms with van der Waals surface area (Å²) in [4.78, 5) is 7.60. The van der Waals surface area contributed by atoms with Crippen molar-refractivity contribution in [2.75, 3.05) is 78.7 Å². The smallest absolute Gasteiger partial charge is 0.0700 e. The highest BCUT2D eigenvalue weighted by Gasteiger charge is 2.32. The fourth-order valence-electron chi connectivity index (χ4n) is 4.85. The molecule has 3 aliphatic rings. The van der Waals surface area contributed by atoms with Crippen LogP contribution in [-0.4, -0.2) is 117 Å². The van der Waals surface area contributed by atoms with Gasteiger partial charge in [0.05, 0.1) is 38.1 Å². The van der Waals surface area contributed by atoms with Gasteiger partial charge in [0.15, 0.2) is 0 Å². The molecule has 3 heterocycles. The molecule has 0 radical (unpaired) electrons. The molecule has 0 aromatic heterocycles. The van der Waals surface area contributed by atoms with Crippen LogP contribution >= 0.6 is 0 Å². The Hall–Kier alpha value is -0.280. The molecule has 2 N–H and O–H groups in total. The second-order valence-electron chi connectivity index (χ2n) is 9.46. The summed E-state index contributed by atoms with van der Waals surface area (Å²) in [5.74, 6) is 0. The van der Waals surface area contributed by atoms with Crippen molar-refractivity contribution in [2.45, 2.75) is 63.9 Å². The predicted molar refractivity (Wildman–Crippen MR) is 116 cm³/mol. The molecule has 3 aliphatic heterocycles. The lowest BCUT2D eigenvalue weighted by Gasteiger charge is -2.42. The van der Waals surface area contributed by atoms with E-state index in [1.54, 1.807) is 0 Å². The third-order valence-electron chi connectivity index (χ3n) is 6.72. The van der Waals surface area contributed by atoms with E-state index in [0.717, 1.165) is 98.0 Å². The van der Waals surface area contributed by atoms with Gasteiger partial charge in [0.2, 0.25) is 0 Å². The standard InChI is InChI=1S/C22H44N4O3/c1-4-21-17-26(11-14-29-21)18-22(23,5-7-24-9-12-27-19(2)15-24)6-8-25-10-13-28-20(3)16-25/h19-21H,4-18,23H2,1-3H3. The van der Waals surface area contributed by atoms with Crippen LogP contribution in [0.1, 0.15) is 40.0 Å². The molecule has 0 bridgehead atoms. The summed E-state index contributed by atoms with van der Waals surface area (Å²) in [5, 5.41) is 0. The Balaban J connectivity index is 1.56. The fourth-order valence-corrected chi connectivity index (χ4v) is 4.85. The van der Waals surface area contributed by atoms with E-state index in [2.05, 4.69) is 35.5 Å². The van der Waals surface area contributed by atoms with Gasteiger partial charge in [0, 0.05) is 64.4 Å². The molecule has 3 atom stereocenters. The van der Waals surface area contributed by atoms with E-state index >= 15 is 0 Å². The van der Waals surface area contributed by atoms with Crippen molar-refractivity contribution in [2.24, 2.45) is 5.73 Å². The molecule has 29 heavy (non-hydrogen) atoms. The fraction of sp³-hybridized carbons (Fsp3) is 1.00. The van der Waals surface area contributed by atoms with E-state index in [1.165, 1.54) is 0 Å². The van der Waals surface area contributed by atoms with Gasteiger partial charge in [0.25, 0.3) is 0 Å². The molecule has 0 amide bonds. The highest BCUT2D eigenvalue weighted by Crippen LogP contribution is 2.20. The monoisotopic (exact) mass is 412 g/mol. The van der Waals surface area contributed by atoms with Crippen molar-refractivity contribution < 1.29 is 14.2 Å². The number of nitrogens with zero attached hydrogens (tertiary/aromatic N) is 3. The Kier molecular flexibility index (Phi) is 9.17. The SMILES string of the molecule is CCC1CN(CC(N)(CCN2CCOC(C)C2)CCN2CCOC(C)C2)CCO1. The zero-order valence-corrected chi connectivity index (χ0v) is 19.0. The molecule has 170 valence electrons. The third kappa shape index (κ3) is 7.73. The van der Waals surface area contributed by atoms with Crippen LogP contribution in [0.25, 0.3) is 0 Å². The Bertz CT molecular complexity index is 455. The maximum atomic E-state index is 7.12. The third-order valence-corrected chi connectivity index (χ3v) is 6.72. The summed E-state index contributed by atoms with van der Waals surface area (Å²) < 4.78 is 17.3. The summed E-state index contributed by atoms with van der Waals surface area (Å²) >= 11 is 0. The highest BCUT2D eigenvalue weighted by molar-refractivity contribution is 4.92. The zero-order chi connectivity index (χ0) is 20.7. The van der Waals surface area contributed by atoms with Crippen molar-refractivity contribution in [1.82, 2.24) is 14.7 Å². The summed E-state index contributed by atoms with van der Waals surface area (Å²) in [7, 11) is 0. The van der Waals surface area contributed by atoms with Gasteiger partial charge in [-0.3, -0.25) is 14.7 Å². The molecule has 0 saturated carbocycles. The van der Waals surface area contributed by atoms with Crippen LogP contribution in [0.3, 0.4) is 0 Å². The van der Waals surface area contributed by atoms with Gasteiger partial charge in [-0.25, -0.2) is 0 Å². The lowest BCUT2D eigenvalue weighted by Crippen LogP contribution is -2.57. The Morgan fingerprint density at radius 2 is 1.31 bits per heavy atom. The van der Waals surface area contributed by atoms with Crippen LogP contribution in [0.2, 0.25) is 0 Å². The first-order chi connectivity index (χ1) is 14.0. The molecule has 0 spiro atoms. The first-order valence-corrected chi connectivity index (χ1v) is 11.8. The van der Waals surface area contributed by atoms with Crippen molar-refractivity contribution in [3.8, 4) is 0 Å². The van der Waals surface area contributed by atoms with Crippen molar-refractivity contribution in [1.29, 1.82) is 0 Å². The van der Waals surface area contributed by atoms with Crippen LogP contribution in [-0.2, 0) is 14.2 Å². The van der Waals surface area contributed by atoms with E-state index in [9.17, 15) is 0 Å². The van der Waals surface area contributed by atoms with E-state index in [1.807, 2.05) is 0 Å². The molecule has 0 aromatic carbocycles. The molecular weight excluding hydrogens is 368 g/mol. The van der Waals surface area contributed by atoms with Crippen LogP contribution in [0.15, 0.2) is 0 Å². The van der Waals surface area contributed by atoms with Crippen molar-refractivity contribution in [3.05, 3.63) is 0 Å². The quantitative estimate of drug-likeness (QED) is 0.606. The minimum Gasteiger partial charge on any atom is -0.376 e. The van der Waals surface area contributed by atoms with Gasteiger partial charge in [-0.05, 0) is 33.1 Å². The second kappa shape index (κ2) is 11.4. The number of hydrogen-bond donors (Lipinski definition) is 1. The topological polar surface area (TPSA) is 63.4 Å². The molecule has 7 heteroatoms. The first kappa shape index (κ1) is 23.4. The Morgan fingerprint density at radius 1 is 0.793 bits per heavy atom. The highest BCUT2D eigenvalue weighted by atomic mass is 16.5. The summed E-state index contributed by atoms with van der Waals surface area (Å²) in [6.07, 6.45) is 4.16. The largest absolute Gasteiger partial charge is 0.376 e. The average Bonchev–Trinajstić information content (AvgIpc) is 2.71. The summed E-state index contributed by atoms with van der Waals surface area (Å²) in [5.41, 5.74) is 6.95. The number of ether oxygens (including phenoxy) is 3. The Morgan fingerprint density at radius 3 is 1.83 bits per heavy atom. The molecule has 3 rings (SSSR count). The van der Waals surface area contributed by atoms with E-state index < -0.39 is 0 Å². The maximum Gasteiger partial charge on any atom is 0.0700 e. The lowest BCUT2D eigenvalue weighted by molar-refractivity contribution is -0.0429. The van der Waals surface area contributed by atoms with Gasteiger partial charge >= 0.3 is 0 Å². The predicted octanol–water partition coefficient (Wildman–Crippen LogP) is 1.02. The van der Waals surface area contributed by atoms with E-state index in [4.69, 9.17) is 19.9 Å². The number of hydrogen-bond acceptors (Lipinski definition) is 7. The van der Waals surface area contributed by atoms with E-state index in [0.29, 0.717) is 18.3 Å². The molecule has 7 nitrogen and oxygen atoms in total. The normalized spacial score (nSPS) is 32.9.